The number of amides is 1. The lowest BCUT2D eigenvalue weighted by Crippen LogP contribution is -2.52. The normalized spacial score (nSPS) is 14.0. The number of hydrogen-bond donors (Lipinski definition) is 4. The first kappa shape index (κ1) is 20.4. The van der Waals surface area contributed by atoms with Crippen molar-refractivity contribution in [3.8, 4) is 5.75 Å². The van der Waals surface area contributed by atoms with Crippen LogP contribution in [0, 0.1) is 0 Å². The number of hydrogen-bond acceptors (Lipinski definition) is 5. The minimum atomic E-state index is -1.51. The van der Waals surface area contributed by atoms with E-state index in [1.807, 2.05) is 30.3 Å². The smallest absolute Gasteiger partial charge is 0.326 e. The van der Waals surface area contributed by atoms with E-state index in [4.69, 9.17) is 10.5 Å². The van der Waals surface area contributed by atoms with Gasteiger partial charge in [0.2, 0.25) is 0 Å². The predicted octanol–water partition coefficient (Wildman–Crippen LogP) is 0.738. The van der Waals surface area contributed by atoms with E-state index in [9.17, 15) is 19.8 Å². The molecule has 0 aromatic heterocycles. The number of aliphatic hydroxyl groups excluding tert-OH is 1. The van der Waals surface area contributed by atoms with Crippen molar-refractivity contribution in [2.75, 3.05) is 7.11 Å². The van der Waals surface area contributed by atoms with Crippen LogP contribution in [0.25, 0.3) is 0 Å². The largest absolute Gasteiger partial charge is 0.497 e. The molecule has 5 N–H and O–H groups in total. The maximum Gasteiger partial charge on any atom is 0.326 e. The molecule has 144 valence electrons. The minimum Gasteiger partial charge on any atom is -0.497 e. The van der Waals surface area contributed by atoms with Crippen LogP contribution in [-0.4, -0.2) is 47.4 Å². The highest BCUT2D eigenvalue weighted by molar-refractivity contribution is 5.86. The van der Waals surface area contributed by atoms with Gasteiger partial charge < -0.3 is 26.0 Å². The van der Waals surface area contributed by atoms with Crippen LogP contribution in [0.1, 0.15) is 11.1 Å². The van der Waals surface area contributed by atoms with Crippen molar-refractivity contribution in [3.63, 3.8) is 0 Å². The molecule has 2 aromatic carbocycles. The standard InChI is InChI=1S/C20H24N2O5/c1-27-15-9-7-14(8-10-15)12-17(20(25)26)22-19(24)18(23)16(21)11-13-5-3-2-4-6-13/h2-10,16-18,23H,11-12,21H2,1H3,(H,22,24)(H,25,26)/t16-,17+,18+/m1/s1. The SMILES string of the molecule is COc1ccc(C[C@H](NC(=O)[C@@H](O)[C@H](N)Cc2ccccc2)C(=O)O)cc1. The maximum absolute atomic E-state index is 12.3. The Morgan fingerprint density at radius 3 is 2.19 bits per heavy atom. The van der Waals surface area contributed by atoms with Crippen LogP contribution in [-0.2, 0) is 22.4 Å². The highest BCUT2D eigenvalue weighted by Gasteiger charge is 2.28. The molecule has 0 aliphatic carbocycles. The first-order valence-corrected chi connectivity index (χ1v) is 8.54. The van der Waals surface area contributed by atoms with Crippen molar-refractivity contribution in [1.29, 1.82) is 0 Å². The second-order valence-electron chi connectivity index (χ2n) is 6.25. The minimum absolute atomic E-state index is 0.0751. The summed E-state index contributed by atoms with van der Waals surface area (Å²) in [5, 5.41) is 21.9. The molecule has 0 saturated carbocycles. The second kappa shape index (κ2) is 9.70. The molecule has 3 atom stereocenters. The number of carbonyl (C=O) groups is 2. The molecule has 2 aromatic rings. The molecule has 0 bridgehead atoms. The summed E-state index contributed by atoms with van der Waals surface area (Å²) in [5.41, 5.74) is 7.51. The number of ether oxygens (including phenoxy) is 1. The Balaban J connectivity index is 1.97. The van der Waals surface area contributed by atoms with Gasteiger partial charge in [0, 0.05) is 12.5 Å². The van der Waals surface area contributed by atoms with Crippen molar-refractivity contribution >= 4 is 11.9 Å². The quantitative estimate of drug-likeness (QED) is 0.515. The average molecular weight is 372 g/mol. The maximum atomic E-state index is 12.3. The highest BCUT2D eigenvalue weighted by atomic mass is 16.5. The zero-order chi connectivity index (χ0) is 19.8. The van der Waals surface area contributed by atoms with E-state index in [2.05, 4.69) is 5.32 Å². The van der Waals surface area contributed by atoms with E-state index in [0.717, 1.165) is 5.56 Å². The summed E-state index contributed by atoms with van der Waals surface area (Å²) in [6.45, 7) is 0. The molecule has 0 heterocycles. The van der Waals surface area contributed by atoms with Crippen LogP contribution in [0.4, 0.5) is 0 Å². The molecular formula is C20H24N2O5. The van der Waals surface area contributed by atoms with Gasteiger partial charge in [-0.05, 0) is 29.7 Å². The predicted molar refractivity (Wildman–Crippen MR) is 100 cm³/mol. The summed E-state index contributed by atoms with van der Waals surface area (Å²) in [4.78, 5) is 23.7. The summed E-state index contributed by atoms with van der Waals surface area (Å²) >= 11 is 0. The molecule has 0 radical (unpaired) electrons. The number of methoxy groups -OCH3 is 1. The average Bonchev–Trinajstić information content (AvgIpc) is 2.68. The van der Waals surface area contributed by atoms with E-state index in [1.165, 1.54) is 7.11 Å². The first-order valence-electron chi connectivity index (χ1n) is 8.54. The van der Waals surface area contributed by atoms with Gasteiger partial charge in [0.15, 0.2) is 0 Å². The van der Waals surface area contributed by atoms with Gasteiger partial charge in [0.25, 0.3) is 5.91 Å². The fourth-order valence-electron chi connectivity index (χ4n) is 2.65. The Kier molecular flexibility index (Phi) is 7.34. The highest BCUT2D eigenvalue weighted by Crippen LogP contribution is 2.13. The molecule has 0 aliphatic rings. The van der Waals surface area contributed by atoms with Crippen molar-refractivity contribution in [2.24, 2.45) is 5.73 Å². The van der Waals surface area contributed by atoms with Crippen molar-refractivity contribution in [3.05, 3.63) is 65.7 Å². The molecule has 0 unspecified atom stereocenters. The number of carboxylic acid groups (broad SMARTS) is 1. The van der Waals surface area contributed by atoms with Crippen LogP contribution in [0.3, 0.4) is 0 Å². The molecule has 0 aliphatic heterocycles. The number of rotatable bonds is 9. The summed E-state index contributed by atoms with van der Waals surface area (Å²) in [7, 11) is 1.54. The Hall–Kier alpha value is -2.90. The zero-order valence-corrected chi connectivity index (χ0v) is 15.0. The number of carbonyl (C=O) groups excluding carboxylic acids is 1. The molecule has 0 fully saturated rings. The Labute approximate surface area is 157 Å². The third kappa shape index (κ3) is 6.09. The molecule has 7 heteroatoms. The molecule has 2 rings (SSSR count). The van der Waals surface area contributed by atoms with Crippen molar-refractivity contribution < 1.29 is 24.5 Å². The van der Waals surface area contributed by atoms with Crippen molar-refractivity contribution in [1.82, 2.24) is 5.32 Å². The fraction of sp³-hybridized carbons (Fsp3) is 0.300. The number of nitrogens with one attached hydrogen (secondary N) is 1. The van der Waals surface area contributed by atoms with Gasteiger partial charge in [-0.15, -0.1) is 0 Å². The number of aliphatic carboxylic acids is 1. The lowest BCUT2D eigenvalue weighted by molar-refractivity contribution is -0.143. The fourth-order valence-corrected chi connectivity index (χ4v) is 2.65. The Morgan fingerprint density at radius 1 is 1.04 bits per heavy atom. The van der Waals surface area contributed by atoms with Crippen molar-refractivity contribution in [2.45, 2.75) is 31.0 Å². The Morgan fingerprint density at radius 2 is 1.63 bits per heavy atom. The van der Waals surface area contributed by atoms with Crippen LogP contribution < -0.4 is 15.8 Å². The molecule has 1 amide bonds. The summed E-state index contributed by atoms with van der Waals surface area (Å²) < 4.78 is 5.06. The van der Waals surface area contributed by atoms with Gasteiger partial charge in [-0.3, -0.25) is 4.79 Å². The number of nitrogens with two attached hydrogens (primary N) is 1. The topological polar surface area (TPSA) is 122 Å². The van der Waals surface area contributed by atoms with Gasteiger partial charge in [-0.25, -0.2) is 4.79 Å². The number of aliphatic hydroxyl groups is 1. The third-order valence-corrected chi connectivity index (χ3v) is 4.20. The van der Waals surface area contributed by atoms with Crippen LogP contribution in [0.2, 0.25) is 0 Å². The molecule has 0 saturated heterocycles. The molecule has 7 nitrogen and oxygen atoms in total. The van der Waals surface area contributed by atoms with E-state index in [1.54, 1.807) is 24.3 Å². The van der Waals surface area contributed by atoms with Gasteiger partial charge in [-0.2, -0.15) is 0 Å². The van der Waals surface area contributed by atoms with Crippen LogP contribution >= 0.6 is 0 Å². The lowest BCUT2D eigenvalue weighted by Gasteiger charge is -2.21. The first-order chi connectivity index (χ1) is 12.9. The molecule has 0 spiro atoms. The zero-order valence-electron chi connectivity index (χ0n) is 15.0. The van der Waals surface area contributed by atoms with E-state index in [-0.39, 0.29) is 6.42 Å². The van der Waals surface area contributed by atoms with E-state index in [0.29, 0.717) is 17.7 Å². The van der Waals surface area contributed by atoms with Gasteiger partial charge in [0.05, 0.1) is 7.11 Å². The monoisotopic (exact) mass is 372 g/mol. The van der Waals surface area contributed by atoms with E-state index >= 15 is 0 Å². The van der Waals surface area contributed by atoms with Gasteiger partial charge >= 0.3 is 5.97 Å². The van der Waals surface area contributed by atoms with Gasteiger partial charge in [0.1, 0.15) is 17.9 Å². The number of carboxylic acids is 1. The second-order valence-corrected chi connectivity index (χ2v) is 6.25. The van der Waals surface area contributed by atoms with E-state index < -0.39 is 30.1 Å². The summed E-state index contributed by atoms with van der Waals surface area (Å²) in [6.07, 6.45) is -1.14. The lowest BCUT2D eigenvalue weighted by atomic mass is 10.0. The van der Waals surface area contributed by atoms with Crippen LogP contribution in [0.5, 0.6) is 5.75 Å². The molecule has 27 heavy (non-hydrogen) atoms. The van der Waals surface area contributed by atoms with Gasteiger partial charge in [-0.1, -0.05) is 42.5 Å². The Bertz CT molecular complexity index is 749. The van der Waals surface area contributed by atoms with Crippen LogP contribution in [0.15, 0.2) is 54.6 Å². The summed E-state index contributed by atoms with van der Waals surface area (Å²) in [5.74, 6) is -1.35. The molecular weight excluding hydrogens is 348 g/mol. The summed E-state index contributed by atoms with van der Waals surface area (Å²) in [6, 6.07) is 14.1. The third-order valence-electron chi connectivity index (χ3n) is 4.20. The number of benzene rings is 2.